The summed E-state index contributed by atoms with van der Waals surface area (Å²) in [5.41, 5.74) is 2.68. The average molecular weight is 381 g/mol. The Morgan fingerprint density at radius 3 is 2.64 bits per heavy atom. The molecule has 0 radical (unpaired) electrons. The second-order valence-corrected chi connectivity index (χ2v) is 6.47. The number of carbonyl (C=O) groups excluding carboxylic acids is 2. The molecule has 2 aromatic rings. The van der Waals surface area contributed by atoms with Crippen LogP contribution in [0.15, 0.2) is 48.5 Å². The lowest BCUT2D eigenvalue weighted by molar-refractivity contribution is -0.143. The molecule has 2 aromatic carbocycles. The normalized spacial score (nSPS) is 15.4. The van der Waals surface area contributed by atoms with Gasteiger partial charge in [-0.3, -0.25) is 4.79 Å². The SMILES string of the molecule is COc1cccc(/C=C/C(=O)OCC(=O)N2c3ccccc3C[C@@H]2C)c1OC. The molecule has 0 bridgehead atoms. The van der Waals surface area contributed by atoms with Gasteiger partial charge in [0.05, 0.1) is 14.2 Å². The first-order valence-corrected chi connectivity index (χ1v) is 9.01. The van der Waals surface area contributed by atoms with Crippen molar-refractivity contribution < 1.29 is 23.8 Å². The van der Waals surface area contributed by atoms with E-state index in [9.17, 15) is 9.59 Å². The zero-order valence-electron chi connectivity index (χ0n) is 16.2. The maximum absolute atomic E-state index is 12.6. The molecular formula is C22H23NO5. The molecule has 3 rings (SSSR count). The van der Waals surface area contributed by atoms with E-state index in [1.54, 1.807) is 36.3 Å². The highest BCUT2D eigenvalue weighted by molar-refractivity contribution is 5.98. The Hall–Kier alpha value is -3.28. The van der Waals surface area contributed by atoms with Gasteiger partial charge in [0.2, 0.25) is 0 Å². The Kier molecular flexibility index (Phi) is 5.99. The van der Waals surface area contributed by atoms with Crippen molar-refractivity contribution in [3.63, 3.8) is 0 Å². The van der Waals surface area contributed by atoms with E-state index in [0.717, 1.165) is 17.7 Å². The number of methoxy groups -OCH3 is 2. The van der Waals surface area contributed by atoms with E-state index in [4.69, 9.17) is 14.2 Å². The number of ether oxygens (including phenoxy) is 3. The lowest BCUT2D eigenvalue weighted by Crippen LogP contribution is -2.38. The largest absolute Gasteiger partial charge is 0.493 e. The average Bonchev–Trinajstić information content (AvgIpc) is 3.05. The molecular weight excluding hydrogens is 358 g/mol. The maximum atomic E-state index is 12.6. The van der Waals surface area contributed by atoms with Gasteiger partial charge in [-0.1, -0.05) is 30.3 Å². The summed E-state index contributed by atoms with van der Waals surface area (Å²) >= 11 is 0. The molecule has 6 nitrogen and oxygen atoms in total. The van der Waals surface area contributed by atoms with Crippen LogP contribution in [0.5, 0.6) is 11.5 Å². The smallest absolute Gasteiger partial charge is 0.331 e. The van der Waals surface area contributed by atoms with Gasteiger partial charge in [0, 0.05) is 23.4 Å². The number of hydrogen-bond donors (Lipinski definition) is 0. The van der Waals surface area contributed by atoms with Crippen LogP contribution < -0.4 is 14.4 Å². The summed E-state index contributed by atoms with van der Waals surface area (Å²) in [7, 11) is 3.07. The number of para-hydroxylation sites is 2. The molecule has 1 aliphatic rings. The molecule has 0 saturated heterocycles. The third kappa shape index (κ3) is 4.01. The fourth-order valence-electron chi connectivity index (χ4n) is 3.40. The van der Waals surface area contributed by atoms with Crippen molar-refractivity contribution in [2.45, 2.75) is 19.4 Å². The van der Waals surface area contributed by atoms with Gasteiger partial charge in [-0.2, -0.15) is 0 Å². The summed E-state index contributed by atoms with van der Waals surface area (Å²) < 4.78 is 15.7. The molecule has 6 heteroatoms. The van der Waals surface area contributed by atoms with Crippen LogP contribution in [0, 0.1) is 0 Å². The molecule has 0 spiro atoms. The highest BCUT2D eigenvalue weighted by atomic mass is 16.5. The number of esters is 1. The standard InChI is InChI=1S/C22H23NO5/c1-15-13-17-7-4-5-9-18(17)23(15)20(24)14-28-21(25)12-11-16-8-6-10-19(26-2)22(16)27-3/h4-12,15H,13-14H2,1-3H3/b12-11+/t15-/m0/s1. The lowest BCUT2D eigenvalue weighted by Gasteiger charge is -2.22. The van der Waals surface area contributed by atoms with Gasteiger partial charge in [-0.25, -0.2) is 4.79 Å². The van der Waals surface area contributed by atoms with E-state index in [2.05, 4.69) is 0 Å². The first-order valence-electron chi connectivity index (χ1n) is 9.01. The van der Waals surface area contributed by atoms with Crippen molar-refractivity contribution in [3.05, 3.63) is 59.7 Å². The van der Waals surface area contributed by atoms with Crippen LogP contribution >= 0.6 is 0 Å². The zero-order chi connectivity index (χ0) is 20.1. The highest BCUT2D eigenvalue weighted by Crippen LogP contribution is 2.32. The van der Waals surface area contributed by atoms with Crippen LogP contribution in [0.4, 0.5) is 5.69 Å². The molecule has 28 heavy (non-hydrogen) atoms. The molecule has 1 aliphatic heterocycles. The van der Waals surface area contributed by atoms with Gasteiger partial charge in [0.25, 0.3) is 5.91 Å². The van der Waals surface area contributed by atoms with Crippen LogP contribution in [0.2, 0.25) is 0 Å². The molecule has 0 saturated carbocycles. The highest BCUT2D eigenvalue weighted by Gasteiger charge is 2.30. The number of carbonyl (C=O) groups is 2. The summed E-state index contributed by atoms with van der Waals surface area (Å²) in [6.07, 6.45) is 3.64. The molecule has 0 N–H and O–H groups in total. The molecule has 0 unspecified atom stereocenters. The van der Waals surface area contributed by atoms with Crippen molar-refractivity contribution in [2.75, 3.05) is 25.7 Å². The minimum atomic E-state index is -0.599. The summed E-state index contributed by atoms with van der Waals surface area (Å²) in [6.45, 7) is 1.67. The van der Waals surface area contributed by atoms with Crippen molar-refractivity contribution >= 4 is 23.6 Å². The van der Waals surface area contributed by atoms with E-state index in [0.29, 0.717) is 17.1 Å². The molecule has 1 heterocycles. The van der Waals surface area contributed by atoms with Crippen LogP contribution in [-0.2, 0) is 20.7 Å². The Morgan fingerprint density at radius 1 is 1.11 bits per heavy atom. The predicted octanol–water partition coefficient (Wildman–Crippen LogP) is 3.24. The van der Waals surface area contributed by atoms with E-state index in [1.807, 2.05) is 31.2 Å². The first-order chi connectivity index (χ1) is 13.5. The van der Waals surface area contributed by atoms with Crippen molar-refractivity contribution in [3.8, 4) is 11.5 Å². The molecule has 0 fully saturated rings. The van der Waals surface area contributed by atoms with Gasteiger partial charge in [-0.15, -0.1) is 0 Å². The fourth-order valence-corrected chi connectivity index (χ4v) is 3.40. The Labute approximate surface area is 164 Å². The number of amides is 1. The fraction of sp³-hybridized carbons (Fsp3) is 0.273. The molecule has 1 atom stereocenters. The number of nitrogens with zero attached hydrogens (tertiary/aromatic N) is 1. The van der Waals surface area contributed by atoms with Crippen molar-refractivity contribution in [1.82, 2.24) is 0 Å². The second-order valence-electron chi connectivity index (χ2n) is 6.47. The van der Waals surface area contributed by atoms with Gasteiger partial charge >= 0.3 is 5.97 Å². The van der Waals surface area contributed by atoms with Crippen LogP contribution in [0.1, 0.15) is 18.1 Å². The number of rotatable bonds is 6. The summed E-state index contributed by atoms with van der Waals surface area (Å²) in [6, 6.07) is 13.2. The Bertz CT molecular complexity index is 906. The van der Waals surface area contributed by atoms with Crippen LogP contribution in [0.25, 0.3) is 6.08 Å². The minimum absolute atomic E-state index is 0.0418. The van der Waals surface area contributed by atoms with Crippen LogP contribution in [-0.4, -0.2) is 38.7 Å². The first kappa shape index (κ1) is 19.5. The maximum Gasteiger partial charge on any atom is 0.331 e. The second kappa shape index (κ2) is 8.61. The van der Waals surface area contributed by atoms with Gasteiger partial charge in [0.15, 0.2) is 18.1 Å². The Morgan fingerprint density at radius 2 is 1.89 bits per heavy atom. The number of fused-ring (bicyclic) bond motifs is 1. The molecule has 1 amide bonds. The van der Waals surface area contributed by atoms with Crippen LogP contribution in [0.3, 0.4) is 0 Å². The minimum Gasteiger partial charge on any atom is -0.493 e. The zero-order valence-corrected chi connectivity index (χ0v) is 16.2. The van der Waals surface area contributed by atoms with E-state index < -0.39 is 5.97 Å². The topological polar surface area (TPSA) is 65.1 Å². The number of anilines is 1. The predicted molar refractivity (Wildman–Crippen MR) is 107 cm³/mol. The quantitative estimate of drug-likeness (QED) is 0.568. The third-order valence-corrected chi connectivity index (χ3v) is 4.65. The van der Waals surface area contributed by atoms with Gasteiger partial charge in [0.1, 0.15) is 0 Å². The summed E-state index contributed by atoms with van der Waals surface area (Å²) in [5.74, 6) is 0.249. The lowest BCUT2D eigenvalue weighted by atomic mass is 10.1. The van der Waals surface area contributed by atoms with E-state index >= 15 is 0 Å². The molecule has 146 valence electrons. The third-order valence-electron chi connectivity index (χ3n) is 4.65. The van der Waals surface area contributed by atoms with Gasteiger partial charge < -0.3 is 19.1 Å². The number of hydrogen-bond acceptors (Lipinski definition) is 5. The van der Waals surface area contributed by atoms with E-state index in [1.165, 1.54) is 13.2 Å². The molecule has 0 aliphatic carbocycles. The number of benzene rings is 2. The van der Waals surface area contributed by atoms with Crippen molar-refractivity contribution in [1.29, 1.82) is 0 Å². The molecule has 0 aromatic heterocycles. The Balaban J connectivity index is 1.62. The van der Waals surface area contributed by atoms with Crippen molar-refractivity contribution in [2.24, 2.45) is 0 Å². The monoisotopic (exact) mass is 381 g/mol. The summed E-state index contributed by atoms with van der Waals surface area (Å²) in [5, 5.41) is 0. The van der Waals surface area contributed by atoms with Gasteiger partial charge in [-0.05, 0) is 37.1 Å². The van der Waals surface area contributed by atoms with E-state index in [-0.39, 0.29) is 18.6 Å². The summed E-state index contributed by atoms with van der Waals surface area (Å²) in [4.78, 5) is 26.3.